The molecule has 3 aromatic carbocycles. The summed E-state index contributed by atoms with van der Waals surface area (Å²) >= 11 is 1.56. The number of nitrogens with zero attached hydrogens (tertiary/aromatic N) is 2. The van der Waals surface area contributed by atoms with Crippen molar-refractivity contribution in [3.63, 3.8) is 0 Å². The first-order chi connectivity index (χ1) is 16.5. The number of carbonyl (C=O) groups excluding carboxylic acids is 2. The van der Waals surface area contributed by atoms with Gasteiger partial charge in [0.05, 0.1) is 11.4 Å². The Morgan fingerprint density at radius 3 is 2.71 bits per heavy atom. The number of aryl methyl sites for hydroxylation is 1. The number of carbonyl (C=O) groups is 2. The summed E-state index contributed by atoms with van der Waals surface area (Å²) in [4.78, 5) is 31.8. The van der Waals surface area contributed by atoms with Gasteiger partial charge in [-0.2, -0.15) is 0 Å². The SMILES string of the molecule is Cc1cccc(NC(=O)CN2C(=O)COc3ccc(-c4csc(-c5ccccc5)n4)cc32)c1C. The number of rotatable bonds is 5. The zero-order chi connectivity index (χ0) is 23.7. The van der Waals surface area contributed by atoms with Crippen LogP contribution in [0.2, 0.25) is 0 Å². The van der Waals surface area contributed by atoms with E-state index in [2.05, 4.69) is 5.32 Å². The third kappa shape index (κ3) is 4.30. The van der Waals surface area contributed by atoms with Crippen molar-refractivity contribution < 1.29 is 14.3 Å². The average molecular weight is 470 g/mol. The van der Waals surface area contributed by atoms with Crippen LogP contribution in [0, 0.1) is 13.8 Å². The van der Waals surface area contributed by atoms with Crippen molar-refractivity contribution in [2.45, 2.75) is 13.8 Å². The molecule has 0 aliphatic carbocycles. The highest BCUT2D eigenvalue weighted by molar-refractivity contribution is 7.13. The summed E-state index contributed by atoms with van der Waals surface area (Å²) in [6.07, 6.45) is 0. The molecule has 0 saturated carbocycles. The minimum Gasteiger partial charge on any atom is -0.482 e. The van der Waals surface area contributed by atoms with E-state index in [4.69, 9.17) is 9.72 Å². The van der Waals surface area contributed by atoms with Gasteiger partial charge in [-0.3, -0.25) is 14.5 Å². The number of amides is 2. The Morgan fingerprint density at radius 2 is 1.88 bits per heavy atom. The van der Waals surface area contributed by atoms with Crippen LogP contribution < -0.4 is 15.0 Å². The van der Waals surface area contributed by atoms with Gasteiger partial charge in [0.25, 0.3) is 5.91 Å². The molecule has 6 nitrogen and oxygen atoms in total. The Labute approximate surface area is 201 Å². The van der Waals surface area contributed by atoms with Crippen LogP contribution in [0.5, 0.6) is 5.75 Å². The van der Waals surface area contributed by atoms with E-state index in [0.717, 1.165) is 38.6 Å². The Bertz CT molecular complexity index is 1380. The van der Waals surface area contributed by atoms with Gasteiger partial charge in [0, 0.05) is 22.2 Å². The van der Waals surface area contributed by atoms with E-state index in [9.17, 15) is 9.59 Å². The summed E-state index contributed by atoms with van der Waals surface area (Å²) in [6.45, 7) is 3.76. The molecule has 1 aromatic heterocycles. The Morgan fingerprint density at radius 1 is 1.06 bits per heavy atom. The fourth-order valence-electron chi connectivity index (χ4n) is 3.87. The van der Waals surface area contributed by atoms with Crippen LogP contribution in [0.15, 0.2) is 72.1 Å². The fourth-order valence-corrected chi connectivity index (χ4v) is 4.71. The molecule has 0 bridgehead atoms. The normalized spacial score (nSPS) is 12.8. The van der Waals surface area contributed by atoms with Crippen molar-refractivity contribution in [1.29, 1.82) is 0 Å². The molecule has 0 atom stereocenters. The van der Waals surface area contributed by atoms with Crippen LogP contribution in [0.25, 0.3) is 21.8 Å². The molecule has 0 fully saturated rings. The average Bonchev–Trinajstić information content (AvgIpc) is 3.35. The number of fused-ring (bicyclic) bond motifs is 1. The molecule has 0 unspecified atom stereocenters. The summed E-state index contributed by atoms with van der Waals surface area (Å²) in [7, 11) is 0. The molecule has 7 heteroatoms. The van der Waals surface area contributed by atoms with Gasteiger partial charge in [-0.15, -0.1) is 11.3 Å². The van der Waals surface area contributed by atoms with E-state index >= 15 is 0 Å². The summed E-state index contributed by atoms with van der Waals surface area (Å²) in [5, 5.41) is 5.85. The first kappa shape index (κ1) is 21.9. The summed E-state index contributed by atoms with van der Waals surface area (Å²) < 4.78 is 5.63. The van der Waals surface area contributed by atoms with Gasteiger partial charge >= 0.3 is 0 Å². The predicted octanol–water partition coefficient (Wildman–Crippen LogP) is 5.46. The van der Waals surface area contributed by atoms with Crippen LogP contribution in [0.1, 0.15) is 11.1 Å². The van der Waals surface area contributed by atoms with Crippen molar-refractivity contribution in [2.75, 3.05) is 23.4 Å². The van der Waals surface area contributed by atoms with Crippen LogP contribution in [0.4, 0.5) is 11.4 Å². The number of anilines is 2. The second-order valence-corrected chi connectivity index (χ2v) is 9.01. The molecule has 5 rings (SSSR count). The number of nitrogens with one attached hydrogen (secondary N) is 1. The van der Waals surface area contributed by atoms with Gasteiger partial charge in [0.15, 0.2) is 6.61 Å². The highest BCUT2D eigenvalue weighted by Crippen LogP contribution is 2.37. The predicted molar refractivity (Wildman–Crippen MR) is 135 cm³/mol. The largest absolute Gasteiger partial charge is 0.482 e. The lowest BCUT2D eigenvalue weighted by Gasteiger charge is -2.29. The van der Waals surface area contributed by atoms with Gasteiger partial charge in [0.1, 0.15) is 17.3 Å². The van der Waals surface area contributed by atoms with E-state index in [-0.39, 0.29) is 25.0 Å². The number of hydrogen-bond donors (Lipinski definition) is 1. The summed E-state index contributed by atoms with van der Waals surface area (Å²) in [5.41, 5.74) is 6.13. The third-order valence-corrected chi connectivity index (χ3v) is 6.79. The number of benzene rings is 3. The van der Waals surface area contributed by atoms with Crippen molar-refractivity contribution in [1.82, 2.24) is 4.98 Å². The highest BCUT2D eigenvalue weighted by Gasteiger charge is 2.28. The zero-order valence-corrected chi connectivity index (χ0v) is 19.7. The van der Waals surface area contributed by atoms with Crippen molar-refractivity contribution in [2.24, 2.45) is 0 Å². The third-order valence-electron chi connectivity index (χ3n) is 5.90. The molecule has 1 N–H and O–H groups in total. The van der Waals surface area contributed by atoms with Gasteiger partial charge < -0.3 is 10.1 Å². The van der Waals surface area contributed by atoms with E-state index in [1.54, 1.807) is 11.3 Å². The topological polar surface area (TPSA) is 71.5 Å². The maximum Gasteiger partial charge on any atom is 0.265 e. The monoisotopic (exact) mass is 469 g/mol. The lowest BCUT2D eigenvalue weighted by atomic mass is 10.1. The lowest BCUT2D eigenvalue weighted by Crippen LogP contribution is -2.43. The van der Waals surface area contributed by atoms with Gasteiger partial charge in [0.2, 0.25) is 5.91 Å². The molecule has 0 radical (unpaired) electrons. The standard InChI is InChI=1S/C27H23N3O3S/c1-17-7-6-10-21(18(17)2)28-25(31)14-30-23-13-20(11-12-24(23)33-15-26(30)32)22-16-34-27(29-22)19-8-4-3-5-9-19/h3-13,16H,14-15H2,1-2H3,(H,28,31). The minimum atomic E-state index is -0.264. The van der Waals surface area contributed by atoms with Crippen LogP contribution in [0.3, 0.4) is 0 Å². The summed E-state index contributed by atoms with van der Waals surface area (Å²) in [6, 6.07) is 21.4. The molecule has 170 valence electrons. The van der Waals surface area contributed by atoms with Crippen LogP contribution >= 0.6 is 11.3 Å². The second-order valence-electron chi connectivity index (χ2n) is 8.15. The maximum absolute atomic E-state index is 12.9. The highest BCUT2D eigenvalue weighted by atomic mass is 32.1. The minimum absolute atomic E-state index is 0.0988. The molecule has 0 saturated heterocycles. The number of thiazole rings is 1. The maximum atomic E-state index is 12.9. The molecule has 34 heavy (non-hydrogen) atoms. The number of aromatic nitrogens is 1. The molecule has 1 aliphatic rings. The van der Waals surface area contributed by atoms with Gasteiger partial charge in [-0.25, -0.2) is 4.98 Å². The smallest absolute Gasteiger partial charge is 0.265 e. The van der Waals surface area contributed by atoms with Crippen molar-refractivity contribution in [3.8, 4) is 27.6 Å². The van der Waals surface area contributed by atoms with Crippen molar-refractivity contribution >= 4 is 34.5 Å². The molecule has 2 amide bonds. The first-order valence-corrected chi connectivity index (χ1v) is 11.8. The molecule has 0 spiro atoms. The number of hydrogen-bond acceptors (Lipinski definition) is 5. The van der Waals surface area contributed by atoms with E-state index in [1.807, 2.05) is 86.0 Å². The fraction of sp³-hybridized carbons (Fsp3) is 0.148. The first-order valence-electron chi connectivity index (χ1n) is 10.9. The number of ether oxygens (including phenoxy) is 1. The molecular formula is C27H23N3O3S. The van der Waals surface area contributed by atoms with Crippen molar-refractivity contribution in [3.05, 3.63) is 83.2 Å². The van der Waals surface area contributed by atoms with Crippen LogP contribution in [-0.2, 0) is 9.59 Å². The van der Waals surface area contributed by atoms with Gasteiger partial charge in [-0.05, 0) is 49.2 Å². The molecular weight excluding hydrogens is 446 g/mol. The summed E-state index contributed by atoms with van der Waals surface area (Å²) in [5.74, 6) is 0.0470. The second kappa shape index (κ2) is 9.11. The molecule has 4 aromatic rings. The zero-order valence-electron chi connectivity index (χ0n) is 18.9. The quantitative estimate of drug-likeness (QED) is 0.421. The Hall–Kier alpha value is -3.97. The molecule has 2 heterocycles. The Balaban J connectivity index is 1.41. The van der Waals surface area contributed by atoms with Gasteiger partial charge in [-0.1, -0.05) is 42.5 Å². The lowest BCUT2D eigenvalue weighted by molar-refractivity contribution is -0.123. The Kier molecular flexibility index (Phi) is 5.86. The van der Waals surface area contributed by atoms with E-state index < -0.39 is 0 Å². The van der Waals surface area contributed by atoms with E-state index in [0.29, 0.717) is 11.4 Å². The van der Waals surface area contributed by atoms with Crippen LogP contribution in [-0.4, -0.2) is 29.9 Å². The molecule has 1 aliphatic heterocycles. The van der Waals surface area contributed by atoms with E-state index in [1.165, 1.54) is 4.90 Å².